The molecule has 1 saturated heterocycles. The van der Waals surface area contributed by atoms with Gasteiger partial charge in [-0.1, -0.05) is 0 Å². The van der Waals surface area contributed by atoms with Gasteiger partial charge in [0.25, 0.3) is 0 Å². The van der Waals surface area contributed by atoms with E-state index in [-0.39, 0.29) is 5.54 Å². The molecule has 0 radical (unpaired) electrons. The lowest BCUT2D eigenvalue weighted by atomic mass is 9.79. The van der Waals surface area contributed by atoms with Crippen LogP contribution >= 0.6 is 0 Å². The Bertz CT molecular complexity index is 320. The summed E-state index contributed by atoms with van der Waals surface area (Å²) in [5.74, 6) is 0. The van der Waals surface area contributed by atoms with Crippen molar-refractivity contribution in [2.24, 2.45) is 0 Å². The number of likely N-dealkylation sites (tertiary alicyclic amines) is 1. The van der Waals surface area contributed by atoms with Crippen LogP contribution in [0.25, 0.3) is 0 Å². The maximum atomic E-state index is 9.42. The fourth-order valence-electron chi connectivity index (χ4n) is 3.59. The van der Waals surface area contributed by atoms with E-state index in [4.69, 9.17) is 4.74 Å². The summed E-state index contributed by atoms with van der Waals surface area (Å²) in [7, 11) is 1.92. The molecule has 1 N–H and O–H groups in total. The fraction of sp³-hybridized carbons (Fsp3) is 0.933. The Morgan fingerprint density at radius 1 is 1.37 bits per heavy atom. The van der Waals surface area contributed by atoms with Crippen molar-refractivity contribution < 1.29 is 4.74 Å². The van der Waals surface area contributed by atoms with Crippen LogP contribution in [0, 0.1) is 11.3 Å². The summed E-state index contributed by atoms with van der Waals surface area (Å²) in [5, 5.41) is 12.7. The van der Waals surface area contributed by atoms with E-state index in [1.54, 1.807) is 0 Å². The van der Waals surface area contributed by atoms with E-state index in [1.807, 2.05) is 7.05 Å². The third-order valence-electron chi connectivity index (χ3n) is 4.81. The number of nitrogens with zero attached hydrogens (tertiary/aromatic N) is 2. The van der Waals surface area contributed by atoms with Crippen molar-refractivity contribution in [2.45, 2.75) is 63.1 Å². The summed E-state index contributed by atoms with van der Waals surface area (Å²) in [6.45, 7) is 5.15. The van der Waals surface area contributed by atoms with Gasteiger partial charge in [-0.25, -0.2) is 0 Å². The smallest absolute Gasteiger partial charge is 0.108 e. The zero-order chi connectivity index (χ0) is 13.7. The van der Waals surface area contributed by atoms with Gasteiger partial charge < -0.3 is 15.0 Å². The predicted molar refractivity (Wildman–Crippen MR) is 75.9 cm³/mol. The Balaban J connectivity index is 1.87. The minimum absolute atomic E-state index is 0.292. The second-order valence-corrected chi connectivity index (χ2v) is 5.88. The molecule has 2 aliphatic rings. The molecule has 0 aromatic rings. The highest BCUT2D eigenvalue weighted by molar-refractivity contribution is 5.10. The van der Waals surface area contributed by atoms with Crippen LogP contribution in [-0.4, -0.2) is 49.3 Å². The maximum absolute atomic E-state index is 9.42. The second-order valence-electron chi connectivity index (χ2n) is 5.88. The number of hydrogen-bond donors (Lipinski definition) is 1. The molecule has 108 valence electrons. The Kier molecular flexibility index (Phi) is 5.20. The van der Waals surface area contributed by atoms with Crippen molar-refractivity contribution in [1.82, 2.24) is 10.2 Å². The van der Waals surface area contributed by atoms with Crippen LogP contribution in [0.5, 0.6) is 0 Å². The Labute approximate surface area is 117 Å². The van der Waals surface area contributed by atoms with Gasteiger partial charge in [-0.05, 0) is 52.5 Å². The lowest BCUT2D eigenvalue weighted by Gasteiger charge is -2.43. The van der Waals surface area contributed by atoms with Gasteiger partial charge in [0.05, 0.1) is 12.2 Å². The maximum Gasteiger partial charge on any atom is 0.108 e. The van der Waals surface area contributed by atoms with Crippen LogP contribution in [0.3, 0.4) is 0 Å². The van der Waals surface area contributed by atoms with Gasteiger partial charge in [-0.15, -0.1) is 0 Å². The third-order valence-corrected chi connectivity index (χ3v) is 4.81. The number of ether oxygens (including phenoxy) is 1. The monoisotopic (exact) mass is 265 g/mol. The van der Waals surface area contributed by atoms with E-state index in [0.717, 1.165) is 51.8 Å². The van der Waals surface area contributed by atoms with E-state index in [1.165, 1.54) is 6.42 Å². The SMILES string of the molecule is CCOC1CCN(C2CCCC(C#N)(NC)C2)CC1. The van der Waals surface area contributed by atoms with Crippen molar-refractivity contribution >= 4 is 0 Å². The van der Waals surface area contributed by atoms with Crippen LogP contribution in [-0.2, 0) is 4.74 Å². The Hall–Kier alpha value is -0.630. The first-order valence-corrected chi connectivity index (χ1v) is 7.69. The molecule has 0 bridgehead atoms. The summed E-state index contributed by atoms with van der Waals surface area (Å²) in [6.07, 6.45) is 7.10. The number of piperidine rings is 1. The minimum atomic E-state index is -0.292. The van der Waals surface area contributed by atoms with E-state index >= 15 is 0 Å². The van der Waals surface area contributed by atoms with E-state index in [0.29, 0.717) is 12.1 Å². The normalized spacial score (nSPS) is 34.1. The van der Waals surface area contributed by atoms with Gasteiger partial charge in [0.1, 0.15) is 5.54 Å². The average Bonchev–Trinajstić information content (AvgIpc) is 2.48. The van der Waals surface area contributed by atoms with Crippen LogP contribution in [0.1, 0.15) is 45.4 Å². The lowest BCUT2D eigenvalue weighted by Crippen LogP contribution is -2.53. The molecule has 0 amide bonds. The van der Waals surface area contributed by atoms with E-state index in [2.05, 4.69) is 23.2 Å². The molecule has 2 rings (SSSR count). The first-order valence-electron chi connectivity index (χ1n) is 7.69. The van der Waals surface area contributed by atoms with E-state index in [9.17, 15) is 5.26 Å². The van der Waals surface area contributed by atoms with Gasteiger partial charge in [0, 0.05) is 25.7 Å². The third kappa shape index (κ3) is 3.47. The summed E-state index contributed by atoms with van der Waals surface area (Å²) < 4.78 is 5.71. The molecule has 0 aromatic carbocycles. The molecule has 0 spiro atoms. The fourth-order valence-corrected chi connectivity index (χ4v) is 3.59. The highest BCUT2D eigenvalue weighted by Gasteiger charge is 2.38. The number of nitrogens with one attached hydrogen (secondary N) is 1. The van der Waals surface area contributed by atoms with Crippen molar-refractivity contribution in [3.63, 3.8) is 0 Å². The summed E-state index contributed by atoms with van der Waals surface area (Å²) >= 11 is 0. The molecule has 4 heteroatoms. The topological polar surface area (TPSA) is 48.3 Å². The molecule has 2 atom stereocenters. The average molecular weight is 265 g/mol. The first-order chi connectivity index (χ1) is 9.23. The number of hydrogen-bond acceptors (Lipinski definition) is 4. The Morgan fingerprint density at radius 2 is 2.11 bits per heavy atom. The van der Waals surface area contributed by atoms with Gasteiger partial charge in [-0.2, -0.15) is 5.26 Å². The minimum Gasteiger partial charge on any atom is -0.378 e. The molecule has 1 saturated carbocycles. The number of nitriles is 1. The molecular formula is C15H27N3O. The van der Waals surface area contributed by atoms with Crippen LogP contribution in [0.2, 0.25) is 0 Å². The Morgan fingerprint density at radius 3 is 2.68 bits per heavy atom. The molecule has 1 heterocycles. The highest BCUT2D eigenvalue weighted by Crippen LogP contribution is 2.32. The largest absolute Gasteiger partial charge is 0.378 e. The molecule has 1 aliphatic heterocycles. The van der Waals surface area contributed by atoms with Gasteiger partial charge in [-0.3, -0.25) is 0 Å². The summed E-state index contributed by atoms with van der Waals surface area (Å²) in [4.78, 5) is 2.58. The molecule has 2 unspecified atom stereocenters. The van der Waals surface area contributed by atoms with Gasteiger partial charge in [0.15, 0.2) is 0 Å². The van der Waals surface area contributed by atoms with Crippen molar-refractivity contribution in [1.29, 1.82) is 5.26 Å². The molecule has 4 nitrogen and oxygen atoms in total. The van der Waals surface area contributed by atoms with Crippen LogP contribution in [0.4, 0.5) is 0 Å². The first kappa shape index (κ1) is 14.8. The lowest BCUT2D eigenvalue weighted by molar-refractivity contribution is -0.00410. The van der Waals surface area contributed by atoms with Crippen molar-refractivity contribution in [3.05, 3.63) is 0 Å². The molecule has 1 aliphatic carbocycles. The highest BCUT2D eigenvalue weighted by atomic mass is 16.5. The molecule has 19 heavy (non-hydrogen) atoms. The standard InChI is InChI=1S/C15H27N3O/c1-3-19-14-6-9-18(10-7-14)13-5-4-8-15(11-13,12-16)17-2/h13-14,17H,3-11H2,1-2H3. The summed E-state index contributed by atoms with van der Waals surface area (Å²) in [6, 6.07) is 3.08. The summed E-state index contributed by atoms with van der Waals surface area (Å²) in [5.41, 5.74) is -0.292. The van der Waals surface area contributed by atoms with Gasteiger partial charge >= 0.3 is 0 Å². The predicted octanol–water partition coefficient (Wildman–Crippen LogP) is 1.91. The van der Waals surface area contributed by atoms with E-state index < -0.39 is 0 Å². The number of rotatable bonds is 4. The zero-order valence-electron chi connectivity index (χ0n) is 12.3. The molecular weight excluding hydrogens is 238 g/mol. The van der Waals surface area contributed by atoms with Crippen molar-refractivity contribution in [2.75, 3.05) is 26.7 Å². The molecule has 0 aromatic heterocycles. The van der Waals surface area contributed by atoms with Gasteiger partial charge in [0.2, 0.25) is 0 Å². The van der Waals surface area contributed by atoms with Crippen LogP contribution < -0.4 is 5.32 Å². The second kappa shape index (κ2) is 6.69. The van der Waals surface area contributed by atoms with Crippen molar-refractivity contribution in [3.8, 4) is 6.07 Å². The molecule has 2 fully saturated rings. The quantitative estimate of drug-likeness (QED) is 0.843. The van der Waals surface area contributed by atoms with Crippen LogP contribution in [0.15, 0.2) is 0 Å². The zero-order valence-corrected chi connectivity index (χ0v) is 12.3.